The standard InChI is InChI=1S/C37H45F3N8O4/c1-4-29(35(49)50)52-24-9-13-48(14-10-24)31-19-41-27(18-42-31)33-45-32-28(47(2)20-36(21-51-3)11-5-6-12-36)17-26(44-34(32)46-33)23-15-25(22-7-8-22)43-30(16-23)37(38,39)40/h15-19,22,24,29H,4-14,20-21H2,1-3H3,(H,49,50)(H,44,45,46). The van der Waals surface area contributed by atoms with Gasteiger partial charge in [-0.15, -0.1) is 0 Å². The topological polar surface area (TPSA) is 142 Å². The van der Waals surface area contributed by atoms with Crippen molar-refractivity contribution >= 4 is 28.6 Å². The Bertz CT molecular complexity index is 1880. The highest BCUT2D eigenvalue weighted by atomic mass is 19.4. The van der Waals surface area contributed by atoms with Gasteiger partial charge in [0.1, 0.15) is 22.7 Å². The van der Waals surface area contributed by atoms with E-state index in [0.717, 1.165) is 50.3 Å². The fourth-order valence-corrected chi connectivity index (χ4v) is 7.73. The van der Waals surface area contributed by atoms with Crippen molar-refractivity contribution in [3.8, 4) is 22.8 Å². The highest BCUT2D eigenvalue weighted by molar-refractivity contribution is 5.91. The Morgan fingerprint density at radius 1 is 1.06 bits per heavy atom. The maximum Gasteiger partial charge on any atom is 0.433 e. The Hall–Kier alpha value is -4.37. The lowest BCUT2D eigenvalue weighted by Crippen LogP contribution is -2.40. The molecular weight excluding hydrogens is 677 g/mol. The summed E-state index contributed by atoms with van der Waals surface area (Å²) >= 11 is 0. The van der Waals surface area contributed by atoms with E-state index in [1.54, 1.807) is 32.5 Å². The highest BCUT2D eigenvalue weighted by Gasteiger charge is 2.37. The Morgan fingerprint density at radius 3 is 2.42 bits per heavy atom. The average molecular weight is 723 g/mol. The number of methoxy groups -OCH3 is 1. The summed E-state index contributed by atoms with van der Waals surface area (Å²) in [6.45, 7) is 4.41. The van der Waals surface area contributed by atoms with Crippen LogP contribution in [0.25, 0.3) is 33.9 Å². The van der Waals surface area contributed by atoms with Gasteiger partial charge >= 0.3 is 12.1 Å². The predicted molar refractivity (Wildman–Crippen MR) is 189 cm³/mol. The first-order valence-corrected chi connectivity index (χ1v) is 18.1. The predicted octanol–water partition coefficient (Wildman–Crippen LogP) is 6.86. The molecule has 15 heteroatoms. The minimum atomic E-state index is -4.59. The van der Waals surface area contributed by atoms with Crippen molar-refractivity contribution in [1.29, 1.82) is 0 Å². The van der Waals surface area contributed by atoms with Gasteiger partial charge in [0, 0.05) is 56.4 Å². The van der Waals surface area contributed by atoms with Gasteiger partial charge in [0.05, 0.1) is 36.5 Å². The number of nitrogens with zero attached hydrogens (tertiary/aromatic N) is 7. The minimum absolute atomic E-state index is 0.0202. The maximum absolute atomic E-state index is 14.0. The van der Waals surface area contributed by atoms with E-state index in [0.29, 0.717) is 91.0 Å². The number of hydrogen-bond acceptors (Lipinski definition) is 10. The Labute approximate surface area is 300 Å². The molecule has 4 aromatic rings. The van der Waals surface area contributed by atoms with Crippen molar-refractivity contribution in [1.82, 2.24) is 29.9 Å². The zero-order valence-corrected chi connectivity index (χ0v) is 29.7. The lowest BCUT2D eigenvalue weighted by atomic mass is 9.86. The molecule has 0 bridgehead atoms. The Morgan fingerprint density at radius 2 is 1.81 bits per heavy atom. The summed E-state index contributed by atoms with van der Waals surface area (Å²) in [7, 11) is 3.71. The minimum Gasteiger partial charge on any atom is -0.479 e. The number of piperidine rings is 1. The zero-order chi connectivity index (χ0) is 36.6. The van der Waals surface area contributed by atoms with Crippen LogP contribution in [0.5, 0.6) is 0 Å². The summed E-state index contributed by atoms with van der Waals surface area (Å²) in [5.74, 6) is 0.207. The quantitative estimate of drug-likeness (QED) is 0.149. The summed E-state index contributed by atoms with van der Waals surface area (Å²) in [6, 6.07) is 4.65. The first-order valence-electron chi connectivity index (χ1n) is 18.1. The molecule has 1 aliphatic heterocycles. The number of aromatic amines is 1. The molecule has 2 saturated carbocycles. The van der Waals surface area contributed by atoms with Crippen LogP contribution in [0.2, 0.25) is 0 Å². The van der Waals surface area contributed by atoms with E-state index in [4.69, 9.17) is 19.4 Å². The largest absolute Gasteiger partial charge is 0.479 e. The van der Waals surface area contributed by atoms with Gasteiger partial charge < -0.3 is 29.4 Å². The normalized spacial score (nSPS) is 18.6. The van der Waals surface area contributed by atoms with Gasteiger partial charge in [0.15, 0.2) is 17.6 Å². The van der Waals surface area contributed by atoms with Crippen molar-refractivity contribution in [2.75, 3.05) is 50.2 Å². The lowest BCUT2D eigenvalue weighted by molar-refractivity contribution is -0.155. The summed E-state index contributed by atoms with van der Waals surface area (Å²) < 4.78 is 53.6. The molecule has 0 radical (unpaired) electrons. The van der Waals surface area contributed by atoms with E-state index in [-0.39, 0.29) is 17.4 Å². The number of aliphatic carboxylic acids is 1. The molecule has 4 aromatic heterocycles. The molecule has 52 heavy (non-hydrogen) atoms. The third-order valence-corrected chi connectivity index (χ3v) is 10.6. The molecule has 278 valence electrons. The van der Waals surface area contributed by atoms with Crippen molar-refractivity contribution in [2.45, 2.75) is 89.0 Å². The number of carbonyl (C=O) groups is 1. The zero-order valence-electron chi connectivity index (χ0n) is 29.7. The van der Waals surface area contributed by atoms with Crippen LogP contribution < -0.4 is 9.80 Å². The molecule has 1 unspecified atom stereocenters. The van der Waals surface area contributed by atoms with E-state index in [2.05, 4.69) is 29.7 Å². The first-order chi connectivity index (χ1) is 24.9. The van der Waals surface area contributed by atoms with Crippen LogP contribution in [0.3, 0.4) is 0 Å². The summed E-state index contributed by atoms with van der Waals surface area (Å²) in [5.41, 5.74) is 2.48. The summed E-state index contributed by atoms with van der Waals surface area (Å²) in [4.78, 5) is 42.0. The van der Waals surface area contributed by atoms with Gasteiger partial charge in [0.2, 0.25) is 0 Å². The summed E-state index contributed by atoms with van der Waals surface area (Å²) in [6.07, 6.45) is 5.50. The van der Waals surface area contributed by atoms with Gasteiger partial charge in [-0.3, -0.25) is 0 Å². The SMILES string of the molecule is CCC(OC1CCN(c2cnc(-c3nc4nc(-c5cc(C6CC6)nc(C(F)(F)F)c5)cc(N(C)CC5(COC)CCCC5)c4[nH]3)cn2)CC1)C(=O)O. The second-order valence-corrected chi connectivity index (χ2v) is 14.6. The third kappa shape index (κ3) is 7.70. The number of aromatic nitrogens is 6. The number of pyridine rings is 2. The fourth-order valence-electron chi connectivity index (χ4n) is 7.73. The number of carboxylic acids is 1. The van der Waals surface area contributed by atoms with Crippen molar-refractivity contribution < 1.29 is 32.5 Å². The number of nitrogens with one attached hydrogen (secondary N) is 1. The molecule has 5 heterocycles. The number of ether oxygens (including phenoxy) is 2. The van der Waals surface area contributed by atoms with E-state index in [1.807, 2.05) is 13.1 Å². The lowest BCUT2D eigenvalue weighted by Gasteiger charge is -2.34. The van der Waals surface area contributed by atoms with Crippen LogP contribution in [0, 0.1) is 5.41 Å². The molecule has 2 N–H and O–H groups in total. The Kier molecular flexibility index (Phi) is 10.1. The summed E-state index contributed by atoms with van der Waals surface area (Å²) in [5, 5.41) is 9.35. The first kappa shape index (κ1) is 36.0. The smallest absolute Gasteiger partial charge is 0.433 e. The molecular formula is C37H45F3N8O4. The van der Waals surface area contributed by atoms with Gasteiger partial charge in [0.25, 0.3) is 0 Å². The average Bonchev–Trinajstić information content (AvgIpc) is 3.74. The van der Waals surface area contributed by atoms with Gasteiger partial charge in [-0.25, -0.2) is 29.7 Å². The van der Waals surface area contributed by atoms with E-state index in [1.165, 1.54) is 0 Å². The number of hydrogen-bond donors (Lipinski definition) is 2. The number of H-pyrrole nitrogens is 1. The van der Waals surface area contributed by atoms with Crippen LogP contribution >= 0.6 is 0 Å². The second-order valence-electron chi connectivity index (χ2n) is 14.6. The number of halogens is 3. The molecule has 0 amide bonds. The molecule has 1 saturated heterocycles. The van der Waals surface area contributed by atoms with Crippen molar-refractivity contribution in [3.05, 3.63) is 42.0 Å². The van der Waals surface area contributed by atoms with Gasteiger partial charge in [-0.1, -0.05) is 19.8 Å². The van der Waals surface area contributed by atoms with Gasteiger partial charge in [-0.05, 0) is 63.1 Å². The molecule has 3 aliphatic rings. The molecule has 0 aromatic carbocycles. The molecule has 3 fully saturated rings. The number of rotatable bonds is 13. The van der Waals surface area contributed by atoms with Crippen molar-refractivity contribution in [2.24, 2.45) is 5.41 Å². The van der Waals surface area contributed by atoms with Gasteiger partial charge in [-0.2, -0.15) is 13.2 Å². The second kappa shape index (κ2) is 14.6. The molecule has 1 atom stereocenters. The van der Waals surface area contributed by atoms with E-state index < -0.39 is 23.9 Å². The third-order valence-electron chi connectivity index (χ3n) is 10.6. The number of anilines is 2. The van der Waals surface area contributed by atoms with Crippen LogP contribution in [0.1, 0.15) is 82.0 Å². The maximum atomic E-state index is 14.0. The van der Waals surface area contributed by atoms with Crippen LogP contribution in [-0.2, 0) is 20.4 Å². The Balaban J connectivity index is 1.20. The van der Waals surface area contributed by atoms with Crippen LogP contribution in [-0.4, -0.2) is 93.6 Å². The number of fused-ring (bicyclic) bond motifs is 1. The molecule has 2 aliphatic carbocycles. The molecule has 12 nitrogen and oxygen atoms in total. The van der Waals surface area contributed by atoms with Crippen molar-refractivity contribution in [3.63, 3.8) is 0 Å². The van der Waals surface area contributed by atoms with Crippen LogP contribution in [0.4, 0.5) is 24.7 Å². The molecule has 0 spiro atoms. The van der Waals surface area contributed by atoms with E-state index in [9.17, 15) is 23.1 Å². The van der Waals surface area contributed by atoms with Crippen LogP contribution in [0.15, 0.2) is 30.6 Å². The number of alkyl halides is 3. The van der Waals surface area contributed by atoms with E-state index >= 15 is 0 Å². The number of imidazole rings is 1. The monoisotopic (exact) mass is 722 g/mol. The number of carboxylic acid groups (broad SMARTS) is 1. The molecule has 7 rings (SSSR count). The highest BCUT2D eigenvalue weighted by Crippen LogP contribution is 2.44. The fraction of sp³-hybridized carbons (Fsp3) is 0.568.